The predicted molar refractivity (Wildman–Crippen MR) is 73.6 cm³/mol. The quantitative estimate of drug-likeness (QED) is 0.777. The van der Waals surface area contributed by atoms with Crippen molar-refractivity contribution in [2.24, 2.45) is 5.73 Å². The van der Waals surface area contributed by atoms with Crippen molar-refractivity contribution in [3.8, 4) is 0 Å². The second-order valence-corrected chi connectivity index (χ2v) is 5.40. The maximum Gasteiger partial charge on any atom is 0.251 e. The van der Waals surface area contributed by atoms with Gasteiger partial charge in [0.05, 0.1) is 6.54 Å². The van der Waals surface area contributed by atoms with E-state index in [9.17, 15) is 9.59 Å². The average molecular weight is 261 g/mol. The van der Waals surface area contributed by atoms with Gasteiger partial charge in [0.25, 0.3) is 5.91 Å². The molecule has 1 aliphatic rings. The standard InChI is InChI=1S/C14H19N3O2/c1-9(15)10-4-6-11(7-5-10)17-8-12(18)16-13(19)14(17,2)3/h4-7,9H,8,15H2,1-3H3,(H,16,18,19)/t9-/m0/s1. The number of hydrogen-bond donors (Lipinski definition) is 2. The number of nitrogens with two attached hydrogens (primary N) is 1. The third-order valence-corrected chi connectivity index (χ3v) is 3.52. The molecular weight excluding hydrogens is 242 g/mol. The molecule has 3 N–H and O–H groups in total. The van der Waals surface area contributed by atoms with Crippen LogP contribution in [0.25, 0.3) is 0 Å². The first kappa shape index (κ1) is 13.5. The van der Waals surface area contributed by atoms with Crippen molar-refractivity contribution in [3.05, 3.63) is 29.8 Å². The molecule has 5 heteroatoms. The molecule has 1 saturated heterocycles. The number of rotatable bonds is 2. The number of carbonyl (C=O) groups excluding carboxylic acids is 2. The SMILES string of the molecule is C[C@H](N)c1ccc(N2CC(=O)NC(=O)C2(C)C)cc1. The van der Waals surface area contributed by atoms with Crippen LogP contribution in [0.15, 0.2) is 24.3 Å². The number of carbonyl (C=O) groups is 2. The molecule has 0 bridgehead atoms. The molecule has 0 spiro atoms. The van der Waals surface area contributed by atoms with Gasteiger partial charge in [-0.2, -0.15) is 0 Å². The van der Waals surface area contributed by atoms with Gasteiger partial charge in [-0.05, 0) is 38.5 Å². The number of imide groups is 1. The van der Waals surface area contributed by atoms with Gasteiger partial charge in [0.2, 0.25) is 5.91 Å². The van der Waals surface area contributed by atoms with Gasteiger partial charge in [-0.15, -0.1) is 0 Å². The highest BCUT2D eigenvalue weighted by Gasteiger charge is 2.40. The largest absolute Gasteiger partial charge is 0.348 e. The summed E-state index contributed by atoms with van der Waals surface area (Å²) in [6, 6.07) is 7.60. The minimum absolute atomic E-state index is 0.0339. The first-order chi connectivity index (χ1) is 8.82. The van der Waals surface area contributed by atoms with Crippen molar-refractivity contribution >= 4 is 17.5 Å². The predicted octanol–water partition coefficient (Wildman–Crippen LogP) is 0.948. The third kappa shape index (κ3) is 2.46. The van der Waals surface area contributed by atoms with Crippen molar-refractivity contribution in [2.45, 2.75) is 32.4 Å². The Balaban J connectivity index is 2.33. The van der Waals surface area contributed by atoms with E-state index >= 15 is 0 Å². The summed E-state index contributed by atoms with van der Waals surface area (Å²) in [4.78, 5) is 25.2. The lowest BCUT2D eigenvalue weighted by molar-refractivity contribution is -0.135. The van der Waals surface area contributed by atoms with E-state index < -0.39 is 5.54 Å². The van der Waals surface area contributed by atoms with Crippen LogP contribution < -0.4 is 16.0 Å². The molecule has 0 saturated carbocycles. The van der Waals surface area contributed by atoms with Gasteiger partial charge < -0.3 is 10.6 Å². The Bertz CT molecular complexity index is 506. The lowest BCUT2D eigenvalue weighted by Gasteiger charge is -2.41. The van der Waals surface area contributed by atoms with Crippen molar-refractivity contribution in [2.75, 3.05) is 11.4 Å². The lowest BCUT2D eigenvalue weighted by atomic mass is 9.97. The molecule has 5 nitrogen and oxygen atoms in total. The van der Waals surface area contributed by atoms with Crippen molar-refractivity contribution in [1.29, 1.82) is 0 Å². The minimum atomic E-state index is -0.746. The first-order valence-electron chi connectivity index (χ1n) is 6.30. The Morgan fingerprint density at radius 2 is 1.84 bits per heavy atom. The molecule has 1 aromatic rings. The zero-order chi connectivity index (χ0) is 14.2. The molecule has 0 radical (unpaired) electrons. The number of amides is 2. The summed E-state index contributed by atoms with van der Waals surface area (Å²) in [5, 5.41) is 2.36. The van der Waals surface area contributed by atoms with Crippen LogP contribution in [0, 0.1) is 0 Å². The number of benzene rings is 1. The summed E-state index contributed by atoms with van der Waals surface area (Å²) in [7, 11) is 0. The lowest BCUT2D eigenvalue weighted by Crippen LogP contribution is -2.64. The van der Waals surface area contributed by atoms with Gasteiger partial charge in [-0.1, -0.05) is 12.1 Å². The molecule has 0 aromatic heterocycles. The Morgan fingerprint density at radius 3 is 2.37 bits per heavy atom. The van der Waals surface area contributed by atoms with Gasteiger partial charge in [0.15, 0.2) is 0 Å². The second-order valence-electron chi connectivity index (χ2n) is 5.40. The average Bonchev–Trinajstić information content (AvgIpc) is 2.34. The number of nitrogens with zero attached hydrogens (tertiary/aromatic N) is 1. The summed E-state index contributed by atoms with van der Waals surface area (Å²) < 4.78 is 0. The maximum absolute atomic E-state index is 11.9. The molecule has 1 fully saturated rings. The molecular formula is C14H19N3O2. The van der Waals surface area contributed by atoms with E-state index in [1.807, 2.05) is 31.2 Å². The first-order valence-corrected chi connectivity index (χ1v) is 6.30. The molecule has 2 rings (SSSR count). The number of hydrogen-bond acceptors (Lipinski definition) is 4. The zero-order valence-corrected chi connectivity index (χ0v) is 11.4. The fourth-order valence-electron chi connectivity index (χ4n) is 2.15. The highest BCUT2D eigenvalue weighted by Crippen LogP contribution is 2.27. The van der Waals surface area contributed by atoms with E-state index in [-0.39, 0.29) is 24.4 Å². The molecule has 1 aliphatic heterocycles. The Morgan fingerprint density at radius 1 is 1.26 bits per heavy atom. The van der Waals surface area contributed by atoms with Gasteiger partial charge >= 0.3 is 0 Å². The maximum atomic E-state index is 11.9. The van der Waals surface area contributed by atoms with E-state index in [1.165, 1.54) is 0 Å². The molecule has 19 heavy (non-hydrogen) atoms. The van der Waals surface area contributed by atoms with Gasteiger partial charge in [0.1, 0.15) is 5.54 Å². The Labute approximate surface area is 112 Å². The van der Waals surface area contributed by atoms with E-state index in [4.69, 9.17) is 5.73 Å². The van der Waals surface area contributed by atoms with Crippen LogP contribution in [0.5, 0.6) is 0 Å². The molecule has 1 heterocycles. The summed E-state index contributed by atoms with van der Waals surface area (Å²) in [5.41, 5.74) is 6.93. The highest BCUT2D eigenvalue weighted by molar-refractivity contribution is 6.06. The molecule has 1 aromatic carbocycles. The van der Waals surface area contributed by atoms with Crippen LogP contribution in [0.2, 0.25) is 0 Å². The van der Waals surface area contributed by atoms with Crippen LogP contribution in [0.3, 0.4) is 0 Å². The Hall–Kier alpha value is -1.88. The van der Waals surface area contributed by atoms with Crippen molar-refractivity contribution < 1.29 is 9.59 Å². The van der Waals surface area contributed by atoms with Gasteiger partial charge in [-0.25, -0.2) is 0 Å². The van der Waals surface area contributed by atoms with Crippen molar-refractivity contribution in [3.63, 3.8) is 0 Å². The fraction of sp³-hybridized carbons (Fsp3) is 0.429. The smallest absolute Gasteiger partial charge is 0.251 e. The van der Waals surface area contributed by atoms with Crippen LogP contribution in [0.4, 0.5) is 5.69 Å². The fourth-order valence-corrected chi connectivity index (χ4v) is 2.15. The van der Waals surface area contributed by atoms with Crippen molar-refractivity contribution in [1.82, 2.24) is 5.32 Å². The normalized spacial score (nSPS) is 20.1. The summed E-state index contributed by atoms with van der Waals surface area (Å²) in [5.74, 6) is -0.555. The molecule has 1 atom stereocenters. The summed E-state index contributed by atoms with van der Waals surface area (Å²) in [6.45, 7) is 5.69. The highest BCUT2D eigenvalue weighted by atomic mass is 16.2. The number of piperazine rings is 1. The van der Waals surface area contributed by atoms with Crippen LogP contribution >= 0.6 is 0 Å². The topological polar surface area (TPSA) is 75.4 Å². The minimum Gasteiger partial charge on any atom is -0.348 e. The molecule has 2 amide bonds. The van der Waals surface area contributed by atoms with Gasteiger partial charge in [0, 0.05) is 11.7 Å². The number of anilines is 1. The molecule has 0 unspecified atom stereocenters. The molecule has 0 aliphatic carbocycles. The van der Waals surface area contributed by atoms with Crippen LogP contribution in [0.1, 0.15) is 32.4 Å². The monoisotopic (exact) mass is 261 g/mol. The molecule has 102 valence electrons. The Kier molecular flexibility index (Phi) is 3.32. The zero-order valence-electron chi connectivity index (χ0n) is 11.4. The van der Waals surface area contributed by atoms with Gasteiger partial charge in [-0.3, -0.25) is 14.9 Å². The third-order valence-electron chi connectivity index (χ3n) is 3.52. The van der Waals surface area contributed by atoms with E-state index in [1.54, 1.807) is 18.7 Å². The van der Waals surface area contributed by atoms with E-state index in [2.05, 4.69) is 5.32 Å². The second kappa shape index (κ2) is 4.66. The van der Waals surface area contributed by atoms with E-state index in [0.717, 1.165) is 11.3 Å². The van der Waals surface area contributed by atoms with E-state index in [0.29, 0.717) is 0 Å². The number of nitrogens with one attached hydrogen (secondary N) is 1. The van der Waals surface area contributed by atoms with Crippen LogP contribution in [-0.2, 0) is 9.59 Å². The summed E-state index contributed by atoms with van der Waals surface area (Å²) >= 11 is 0. The van der Waals surface area contributed by atoms with Crippen LogP contribution in [-0.4, -0.2) is 23.9 Å². The summed E-state index contributed by atoms with van der Waals surface area (Å²) in [6.07, 6.45) is 0.